The van der Waals surface area contributed by atoms with Crippen molar-refractivity contribution < 1.29 is 19.4 Å². The SMILES string of the molecule is C=CC1CC(CO)C[C@@H](CC(=O)OC)O1. The van der Waals surface area contributed by atoms with E-state index in [9.17, 15) is 4.79 Å². The van der Waals surface area contributed by atoms with Crippen LogP contribution in [0.25, 0.3) is 0 Å². The smallest absolute Gasteiger partial charge is 0.308 e. The number of carbonyl (C=O) groups is 1. The molecule has 0 aromatic rings. The number of hydrogen-bond donors (Lipinski definition) is 1. The lowest BCUT2D eigenvalue weighted by molar-refractivity contribution is -0.147. The van der Waals surface area contributed by atoms with Crippen molar-refractivity contribution >= 4 is 5.97 Å². The maximum atomic E-state index is 11.1. The third-order valence-electron chi connectivity index (χ3n) is 2.67. The molecule has 1 aliphatic rings. The first kappa shape index (κ1) is 12.2. The topological polar surface area (TPSA) is 55.8 Å². The first-order valence-electron chi connectivity index (χ1n) is 5.15. The molecule has 1 rings (SSSR count). The van der Waals surface area contributed by atoms with Crippen LogP contribution in [0.15, 0.2) is 12.7 Å². The Morgan fingerprint density at radius 2 is 2.40 bits per heavy atom. The number of methoxy groups -OCH3 is 1. The molecule has 15 heavy (non-hydrogen) atoms. The highest BCUT2D eigenvalue weighted by molar-refractivity contribution is 5.69. The standard InChI is InChI=1S/C11H18O4/c1-3-9-4-8(7-12)5-10(15-9)6-11(13)14-2/h3,8-10,12H,1,4-7H2,2H3/t8?,9?,10-/m0/s1. The van der Waals surface area contributed by atoms with Gasteiger partial charge in [-0.3, -0.25) is 4.79 Å². The summed E-state index contributed by atoms with van der Waals surface area (Å²) in [7, 11) is 1.36. The Morgan fingerprint density at radius 1 is 1.67 bits per heavy atom. The Labute approximate surface area is 89.9 Å². The van der Waals surface area contributed by atoms with E-state index in [0.717, 1.165) is 6.42 Å². The van der Waals surface area contributed by atoms with Gasteiger partial charge < -0.3 is 14.6 Å². The van der Waals surface area contributed by atoms with Gasteiger partial charge in [-0.25, -0.2) is 0 Å². The van der Waals surface area contributed by atoms with Gasteiger partial charge in [0.2, 0.25) is 0 Å². The molecule has 86 valence electrons. The minimum absolute atomic E-state index is 0.0643. The molecule has 1 N–H and O–H groups in total. The maximum absolute atomic E-state index is 11.1. The van der Waals surface area contributed by atoms with E-state index in [1.807, 2.05) is 0 Å². The summed E-state index contributed by atoms with van der Waals surface area (Å²) in [5.41, 5.74) is 0. The summed E-state index contributed by atoms with van der Waals surface area (Å²) in [6.45, 7) is 3.79. The highest BCUT2D eigenvalue weighted by Gasteiger charge is 2.29. The van der Waals surface area contributed by atoms with E-state index >= 15 is 0 Å². The third-order valence-corrected chi connectivity index (χ3v) is 2.67. The van der Waals surface area contributed by atoms with E-state index in [4.69, 9.17) is 9.84 Å². The van der Waals surface area contributed by atoms with E-state index < -0.39 is 0 Å². The van der Waals surface area contributed by atoms with Crippen LogP contribution in [-0.4, -0.2) is 37.0 Å². The second-order valence-corrected chi connectivity index (χ2v) is 3.83. The van der Waals surface area contributed by atoms with Crippen molar-refractivity contribution in [2.24, 2.45) is 5.92 Å². The molecule has 3 atom stereocenters. The number of ether oxygens (including phenoxy) is 2. The van der Waals surface area contributed by atoms with Crippen molar-refractivity contribution in [3.63, 3.8) is 0 Å². The summed E-state index contributed by atoms with van der Waals surface area (Å²) in [6, 6.07) is 0. The molecule has 2 unspecified atom stereocenters. The highest BCUT2D eigenvalue weighted by Crippen LogP contribution is 2.27. The van der Waals surface area contributed by atoms with Crippen molar-refractivity contribution in [2.45, 2.75) is 31.5 Å². The largest absolute Gasteiger partial charge is 0.469 e. The molecule has 4 heteroatoms. The van der Waals surface area contributed by atoms with Crippen LogP contribution in [0.5, 0.6) is 0 Å². The summed E-state index contributed by atoms with van der Waals surface area (Å²) >= 11 is 0. The molecule has 0 aromatic carbocycles. The maximum Gasteiger partial charge on any atom is 0.308 e. The van der Waals surface area contributed by atoms with Gasteiger partial charge in [-0.2, -0.15) is 0 Å². The average Bonchev–Trinajstić information content (AvgIpc) is 2.28. The molecule has 0 radical (unpaired) electrons. The van der Waals surface area contributed by atoms with Crippen LogP contribution in [-0.2, 0) is 14.3 Å². The predicted octanol–water partition coefficient (Wildman–Crippen LogP) is 0.892. The number of carbonyl (C=O) groups excluding carboxylic acids is 1. The Morgan fingerprint density at radius 3 is 2.93 bits per heavy atom. The van der Waals surface area contributed by atoms with Crippen molar-refractivity contribution in [1.29, 1.82) is 0 Å². The second kappa shape index (κ2) is 5.88. The number of esters is 1. The molecule has 0 saturated carbocycles. The molecule has 0 amide bonds. The molecular formula is C11H18O4. The highest BCUT2D eigenvalue weighted by atomic mass is 16.5. The summed E-state index contributed by atoms with van der Waals surface area (Å²) in [4.78, 5) is 11.1. The first-order chi connectivity index (χ1) is 7.19. The lowest BCUT2D eigenvalue weighted by Gasteiger charge is -2.32. The Kier molecular flexibility index (Phi) is 4.78. The van der Waals surface area contributed by atoms with Gasteiger partial charge in [-0.1, -0.05) is 6.08 Å². The van der Waals surface area contributed by atoms with Crippen molar-refractivity contribution in [1.82, 2.24) is 0 Å². The molecule has 1 fully saturated rings. The predicted molar refractivity (Wildman–Crippen MR) is 55.3 cm³/mol. The fraction of sp³-hybridized carbons (Fsp3) is 0.727. The van der Waals surface area contributed by atoms with Gasteiger partial charge in [0.05, 0.1) is 25.7 Å². The Hall–Kier alpha value is -0.870. The van der Waals surface area contributed by atoms with Crippen LogP contribution in [0, 0.1) is 5.92 Å². The molecule has 1 aliphatic heterocycles. The van der Waals surface area contributed by atoms with Crippen LogP contribution in [0.3, 0.4) is 0 Å². The van der Waals surface area contributed by atoms with Crippen LogP contribution in [0.4, 0.5) is 0 Å². The number of hydrogen-bond acceptors (Lipinski definition) is 4. The zero-order valence-corrected chi connectivity index (χ0v) is 9.02. The molecule has 0 bridgehead atoms. The molecule has 0 aromatic heterocycles. The van der Waals surface area contributed by atoms with Crippen molar-refractivity contribution in [2.75, 3.05) is 13.7 Å². The van der Waals surface area contributed by atoms with E-state index in [0.29, 0.717) is 6.42 Å². The summed E-state index contributed by atoms with van der Waals surface area (Å²) in [6.07, 6.45) is 3.22. The minimum Gasteiger partial charge on any atom is -0.469 e. The van der Waals surface area contributed by atoms with Gasteiger partial charge in [0.1, 0.15) is 0 Å². The van der Waals surface area contributed by atoms with Gasteiger partial charge in [-0.15, -0.1) is 6.58 Å². The normalized spacial score (nSPS) is 30.9. The number of aliphatic hydroxyl groups excluding tert-OH is 1. The van der Waals surface area contributed by atoms with Crippen LogP contribution in [0.1, 0.15) is 19.3 Å². The Balaban J connectivity index is 2.49. The molecular weight excluding hydrogens is 196 g/mol. The summed E-state index contributed by atoms with van der Waals surface area (Å²) in [5.74, 6) is -0.0854. The van der Waals surface area contributed by atoms with E-state index in [2.05, 4.69) is 11.3 Å². The van der Waals surface area contributed by atoms with Gasteiger partial charge in [0.15, 0.2) is 0 Å². The molecule has 0 spiro atoms. The molecule has 0 aliphatic carbocycles. The first-order valence-corrected chi connectivity index (χ1v) is 5.15. The van der Waals surface area contributed by atoms with Gasteiger partial charge in [-0.05, 0) is 18.8 Å². The summed E-state index contributed by atoms with van der Waals surface area (Å²) in [5, 5.41) is 9.11. The van der Waals surface area contributed by atoms with Gasteiger partial charge >= 0.3 is 5.97 Å². The van der Waals surface area contributed by atoms with E-state index in [1.54, 1.807) is 6.08 Å². The monoisotopic (exact) mass is 214 g/mol. The Bertz CT molecular complexity index is 227. The number of rotatable bonds is 4. The van der Waals surface area contributed by atoms with Crippen LogP contribution in [0.2, 0.25) is 0 Å². The lowest BCUT2D eigenvalue weighted by atomic mass is 9.91. The second-order valence-electron chi connectivity index (χ2n) is 3.83. The quantitative estimate of drug-likeness (QED) is 0.558. The minimum atomic E-state index is -0.276. The number of aliphatic hydroxyl groups is 1. The van der Waals surface area contributed by atoms with E-state index in [-0.39, 0.29) is 37.1 Å². The van der Waals surface area contributed by atoms with Crippen molar-refractivity contribution in [3.05, 3.63) is 12.7 Å². The third kappa shape index (κ3) is 3.64. The van der Waals surface area contributed by atoms with Crippen molar-refractivity contribution in [3.8, 4) is 0 Å². The van der Waals surface area contributed by atoms with Gasteiger partial charge in [0.25, 0.3) is 0 Å². The van der Waals surface area contributed by atoms with Crippen LogP contribution >= 0.6 is 0 Å². The molecule has 1 saturated heterocycles. The zero-order valence-electron chi connectivity index (χ0n) is 9.02. The van der Waals surface area contributed by atoms with Crippen LogP contribution < -0.4 is 0 Å². The summed E-state index contributed by atoms with van der Waals surface area (Å²) < 4.78 is 10.2. The fourth-order valence-corrected chi connectivity index (χ4v) is 1.86. The van der Waals surface area contributed by atoms with Gasteiger partial charge in [0, 0.05) is 6.61 Å². The fourth-order valence-electron chi connectivity index (χ4n) is 1.86. The molecule has 1 heterocycles. The average molecular weight is 214 g/mol. The lowest BCUT2D eigenvalue weighted by Crippen LogP contribution is -2.34. The van der Waals surface area contributed by atoms with E-state index in [1.165, 1.54) is 7.11 Å². The zero-order chi connectivity index (χ0) is 11.3. The molecule has 4 nitrogen and oxygen atoms in total.